The summed E-state index contributed by atoms with van der Waals surface area (Å²) in [5.74, 6) is -0.559. The minimum absolute atomic E-state index is 0.0346. The van der Waals surface area contributed by atoms with Gasteiger partial charge in [0.05, 0.1) is 21.7 Å². The standard InChI is InChI=1S/C24H22N2O5S/c1-13(2)25-18-10-11-19(26-15-9-8-14(3)20(12-15)32(29,30)31)22-21(18)23(27)16-6-4-5-7-17(16)24(22)28/h4-13,25-26H,1-3H3,(H,29,30,31). The van der Waals surface area contributed by atoms with Crippen LogP contribution >= 0.6 is 0 Å². The minimum atomic E-state index is -4.42. The zero-order chi connectivity index (χ0) is 23.2. The van der Waals surface area contributed by atoms with Gasteiger partial charge in [-0.05, 0) is 50.6 Å². The van der Waals surface area contributed by atoms with Gasteiger partial charge in [-0.15, -0.1) is 0 Å². The van der Waals surface area contributed by atoms with Crippen molar-refractivity contribution in [2.45, 2.75) is 31.7 Å². The third kappa shape index (κ3) is 3.79. The molecule has 8 heteroatoms. The number of fused-ring (bicyclic) bond motifs is 2. The highest BCUT2D eigenvalue weighted by molar-refractivity contribution is 7.85. The first-order valence-corrected chi connectivity index (χ1v) is 11.5. The zero-order valence-electron chi connectivity index (χ0n) is 17.8. The zero-order valence-corrected chi connectivity index (χ0v) is 18.6. The maximum absolute atomic E-state index is 13.4. The van der Waals surface area contributed by atoms with Gasteiger partial charge in [-0.25, -0.2) is 0 Å². The van der Waals surface area contributed by atoms with E-state index < -0.39 is 10.1 Å². The predicted molar refractivity (Wildman–Crippen MR) is 123 cm³/mol. The molecule has 0 saturated heterocycles. The summed E-state index contributed by atoms with van der Waals surface area (Å²) in [5, 5.41) is 6.29. The van der Waals surface area contributed by atoms with Crippen molar-refractivity contribution < 1.29 is 22.6 Å². The van der Waals surface area contributed by atoms with Crippen LogP contribution in [-0.2, 0) is 10.1 Å². The lowest BCUT2D eigenvalue weighted by molar-refractivity contribution is 0.0980. The average molecular weight is 451 g/mol. The summed E-state index contributed by atoms with van der Waals surface area (Å²) in [6, 6.07) is 14.6. The van der Waals surface area contributed by atoms with E-state index in [-0.39, 0.29) is 33.6 Å². The van der Waals surface area contributed by atoms with E-state index in [1.807, 2.05) is 13.8 Å². The normalized spacial score (nSPS) is 13.0. The van der Waals surface area contributed by atoms with Crippen LogP contribution in [0.1, 0.15) is 51.3 Å². The number of ketones is 2. The van der Waals surface area contributed by atoms with Crippen molar-refractivity contribution in [1.29, 1.82) is 0 Å². The molecular weight excluding hydrogens is 428 g/mol. The van der Waals surface area contributed by atoms with Crippen LogP contribution in [0.4, 0.5) is 17.1 Å². The largest absolute Gasteiger partial charge is 0.382 e. The molecule has 1 aliphatic rings. The molecule has 0 fully saturated rings. The first-order chi connectivity index (χ1) is 15.1. The number of hydrogen-bond donors (Lipinski definition) is 3. The molecule has 3 N–H and O–H groups in total. The summed E-state index contributed by atoms with van der Waals surface area (Å²) in [7, 11) is -4.42. The SMILES string of the molecule is Cc1ccc(Nc2ccc(NC(C)C)c3c2C(=O)c2ccccc2C3=O)cc1S(=O)(=O)O. The number of nitrogens with one attached hydrogen (secondary N) is 2. The molecule has 0 heterocycles. The number of rotatable bonds is 5. The number of aryl methyl sites for hydroxylation is 1. The van der Waals surface area contributed by atoms with E-state index in [2.05, 4.69) is 10.6 Å². The van der Waals surface area contributed by atoms with E-state index >= 15 is 0 Å². The highest BCUT2D eigenvalue weighted by atomic mass is 32.2. The second-order valence-corrected chi connectivity index (χ2v) is 9.38. The summed E-state index contributed by atoms with van der Waals surface area (Å²) in [5.41, 5.74) is 2.81. The van der Waals surface area contributed by atoms with Gasteiger partial charge < -0.3 is 10.6 Å². The maximum Gasteiger partial charge on any atom is 0.294 e. The smallest absolute Gasteiger partial charge is 0.294 e. The Hall–Kier alpha value is -3.49. The third-order valence-corrected chi connectivity index (χ3v) is 6.26. The van der Waals surface area contributed by atoms with Gasteiger partial charge in [-0.3, -0.25) is 14.1 Å². The van der Waals surface area contributed by atoms with Crippen molar-refractivity contribution in [3.05, 3.63) is 82.4 Å². The van der Waals surface area contributed by atoms with Gasteiger partial charge in [0.15, 0.2) is 11.6 Å². The van der Waals surface area contributed by atoms with Crippen molar-refractivity contribution in [1.82, 2.24) is 0 Å². The molecule has 0 radical (unpaired) electrons. The number of hydrogen-bond acceptors (Lipinski definition) is 6. The highest BCUT2D eigenvalue weighted by Crippen LogP contribution is 2.38. The average Bonchev–Trinajstić information content (AvgIpc) is 2.73. The van der Waals surface area contributed by atoms with Crippen LogP contribution in [0.3, 0.4) is 0 Å². The first kappa shape index (κ1) is 21.7. The topological polar surface area (TPSA) is 113 Å². The Balaban J connectivity index is 1.89. The van der Waals surface area contributed by atoms with Crippen molar-refractivity contribution in [2.75, 3.05) is 10.6 Å². The molecule has 164 valence electrons. The molecule has 0 atom stereocenters. The minimum Gasteiger partial charge on any atom is -0.382 e. The Labute approximate surface area is 186 Å². The summed E-state index contributed by atoms with van der Waals surface area (Å²) in [4.78, 5) is 26.6. The van der Waals surface area contributed by atoms with E-state index in [1.54, 1.807) is 55.5 Å². The Morgan fingerprint density at radius 2 is 1.41 bits per heavy atom. The Kier molecular flexibility index (Phi) is 5.36. The summed E-state index contributed by atoms with van der Waals surface area (Å²) in [6.07, 6.45) is 0. The van der Waals surface area contributed by atoms with Gasteiger partial charge in [-0.1, -0.05) is 30.3 Å². The van der Waals surface area contributed by atoms with Crippen LogP contribution in [0.25, 0.3) is 0 Å². The third-order valence-electron chi connectivity index (χ3n) is 5.27. The molecule has 0 unspecified atom stereocenters. The van der Waals surface area contributed by atoms with Gasteiger partial charge in [0.1, 0.15) is 0 Å². The van der Waals surface area contributed by atoms with Crippen LogP contribution in [-0.4, -0.2) is 30.6 Å². The van der Waals surface area contributed by atoms with E-state index in [0.717, 1.165) is 0 Å². The monoisotopic (exact) mass is 450 g/mol. The molecule has 32 heavy (non-hydrogen) atoms. The number of carbonyl (C=O) groups excluding carboxylic acids is 2. The van der Waals surface area contributed by atoms with E-state index in [4.69, 9.17) is 0 Å². The van der Waals surface area contributed by atoms with Crippen molar-refractivity contribution in [2.24, 2.45) is 0 Å². The van der Waals surface area contributed by atoms with Gasteiger partial charge in [0.25, 0.3) is 10.1 Å². The first-order valence-electron chi connectivity index (χ1n) is 10.0. The number of anilines is 3. The molecule has 0 amide bonds. The lowest BCUT2D eigenvalue weighted by atomic mass is 9.82. The number of benzene rings is 3. The van der Waals surface area contributed by atoms with E-state index in [9.17, 15) is 22.6 Å². The fourth-order valence-corrected chi connectivity index (χ4v) is 4.62. The van der Waals surface area contributed by atoms with Gasteiger partial charge >= 0.3 is 0 Å². The summed E-state index contributed by atoms with van der Waals surface area (Å²) in [6.45, 7) is 5.44. The van der Waals surface area contributed by atoms with Crippen LogP contribution < -0.4 is 10.6 Å². The highest BCUT2D eigenvalue weighted by Gasteiger charge is 2.34. The van der Waals surface area contributed by atoms with E-state index in [1.165, 1.54) is 6.07 Å². The molecule has 4 rings (SSSR count). The molecular formula is C24H22N2O5S. The lowest BCUT2D eigenvalue weighted by Gasteiger charge is -2.25. The van der Waals surface area contributed by atoms with Gasteiger partial charge in [-0.2, -0.15) is 8.42 Å². The predicted octanol–water partition coefficient (Wildman–Crippen LogP) is 4.58. The van der Waals surface area contributed by atoms with Crippen LogP contribution in [0.15, 0.2) is 59.5 Å². The molecule has 0 spiro atoms. The fraction of sp³-hybridized carbons (Fsp3) is 0.167. The second kappa shape index (κ2) is 7.89. The van der Waals surface area contributed by atoms with Gasteiger partial charge in [0.2, 0.25) is 0 Å². The summed E-state index contributed by atoms with van der Waals surface area (Å²) < 4.78 is 32.9. The fourth-order valence-electron chi connectivity index (χ4n) is 3.87. The lowest BCUT2D eigenvalue weighted by Crippen LogP contribution is -2.25. The molecule has 0 aromatic heterocycles. The van der Waals surface area contributed by atoms with Crippen molar-refractivity contribution in [3.8, 4) is 0 Å². The van der Waals surface area contributed by atoms with Crippen LogP contribution in [0, 0.1) is 6.92 Å². The summed E-state index contributed by atoms with van der Waals surface area (Å²) >= 11 is 0. The Morgan fingerprint density at radius 1 is 0.844 bits per heavy atom. The molecule has 0 aliphatic heterocycles. The van der Waals surface area contributed by atoms with E-state index in [0.29, 0.717) is 33.8 Å². The molecule has 7 nitrogen and oxygen atoms in total. The van der Waals surface area contributed by atoms with Crippen molar-refractivity contribution in [3.63, 3.8) is 0 Å². The van der Waals surface area contributed by atoms with Crippen LogP contribution in [0.5, 0.6) is 0 Å². The van der Waals surface area contributed by atoms with Gasteiger partial charge in [0, 0.05) is 28.5 Å². The second-order valence-electron chi connectivity index (χ2n) is 7.99. The molecule has 0 bridgehead atoms. The Bertz CT molecular complexity index is 1380. The molecule has 0 saturated carbocycles. The maximum atomic E-state index is 13.4. The number of carbonyl (C=O) groups is 2. The molecule has 1 aliphatic carbocycles. The quantitative estimate of drug-likeness (QED) is 0.382. The molecule has 3 aromatic carbocycles. The van der Waals surface area contributed by atoms with Crippen LogP contribution in [0.2, 0.25) is 0 Å². The van der Waals surface area contributed by atoms with Crippen molar-refractivity contribution >= 4 is 38.7 Å². The molecule has 3 aromatic rings. The Morgan fingerprint density at radius 3 is 1.97 bits per heavy atom.